The van der Waals surface area contributed by atoms with Crippen molar-refractivity contribution < 1.29 is 4.79 Å². The zero-order valence-electron chi connectivity index (χ0n) is 15.1. The second kappa shape index (κ2) is 14.4. The summed E-state index contributed by atoms with van der Waals surface area (Å²) in [4.78, 5) is 14.1. The van der Waals surface area contributed by atoms with E-state index in [4.69, 9.17) is 0 Å². The average molecular weight is 298 g/mol. The van der Waals surface area contributed by atoms with Gasteiger partial charge >= 0.3 is 0 Å². The molecule has 0 fully saturated rings. The lowest BCUT2D eigenvalue weighted by Gasteiger charge is -2.25. The van der Waals surface area contributed by atoms with Crippen molar-refractivity contribution in [2.75, 3.05) is 7.05 Å². The van der Waals surface area contributed by atoms with Crippen molar-refractivity contribution >= 4 is 5.91 Å². The van der Waals surface area contributed by atoms with Gasteiger partial charge in [-0.25, -0.2) is 0 Å². The lowest BCUT2D eigenvalue weighted by Crippen LogP contribution is -2.34. The van der Waals surface area contributed by atoms with Crippen LogP contribution in [-0.4, -0.2) is 23.9 Å². The lowest BCUT2D eigenvalue weighted by molar-refractivity contribution is -0.131. The molecule has 1 unspecified atom stereocenters. The molecule has 126 valence electrons. The predicted molar refractivity (Wildman–Crippen MR) is 93.6 cm³/mol. The predicted octanol–water partition coefficient (Wildman–Crippen LogP) is 5.94. The number of unbranched alkanes of at least 4 members (excludes halogenated alkanes) is 9. The molecule has 0 aliphatic rings. The van der Waals surface area contributed by atoms with Crippen molar-refractivity contribution in [3.05, 3.63) is 0 Å². The van der Waals surface area contributed by atoms with Crippen molar-refractivity contribution in [3.63, 3.8) is 0 Å². The lowest BCUT2D eigenvalue weighted by atomic mass is 10.1. The van der Waals surface area contributed by atoms with Crippen LogP contribution in [-0.2, 0) is 4.79 Å². The van der Waals surface area contributed by atoms with Crippen LogP contribution >= 0.6 is 0 Å². The van der Waals surface area contributed by atoms with Crippen molar-refractivity contribution in [3.8, 4) is 0 Å². The molecule has 0 spiro atoms. The molecule has 0 N–H and O–H groups in total. The van der Waals surface area contributed by atoms with Gasteiger partial charge in [0.2, 0.25) is 5.91 Å². The zero-order chi connectivity index (χ0) is 15.9. The highest BCUT2D eigenvalue weighted by Crippen LogP contribution is 2.13. The molecule has 2 nitrogen and oxygen atoms in total. The van der Waals surface area contributed by atoms with Gasteiger partial charge in [0.25, 0.3) is 0 Å². The minimum Gasteiger partial charge on any atom is -0.343 e. The summed E-state index contributed by atoms with van der Waals surface area (Å²) >= 11 is 0. The molecule has 0 aromatic rings. The van der Waals surface area contributed by atoms with E-state index in [0.717, 1.165) is 19.3 Å². The van der Waals surface area contributed by atoms with Gasteiger partial charge in [-0.1, -0.05) is 78.1 Å². The summed E-state index contributed by atoms with van der Waals surface area (Å²) in [5.41, 5.74) is 0. The molecular formula is C19H39NO. The second-order valence-corrected chi connectivity index (χ2v) is 6.57. The van der Waals surface area contributed by atoms with Crippen LogP contribution in [0.1, 0.15) is 104 Å². The summed E-state index contributed by atoms with van der Waals surface area (Å²) in [7, 11) is 1.98. The fourth-order valence-electron chi connectivity index (χ4n) is 2.72. The van der Waals surface area contributed by atoms with Crippen LogP contribution in [0.15, 0.2) is 0 Å². The quantitative estimate of drug-likeness (QED) is 0.363. The van der Waals surface area contributed by atoms with Gasteiger partial charge in [0.15, 0.2) is 0 Å². The van der Waals surface area contributed by atoms with Crippen LogP contribution in [0, 0.1) is 0 Å². The first-order valence-corrected chi connectivity index (χ1v) is 9.39. The molecule has 1 atom stereocenters. The normalized spacial score (nSPS) is 12.4. The number of hydrogen-bond donors (Lipinski definition) is 0. The highest BCUT2D eigenvalue weighted by atomic mass is 16.2. The third-order valence-corrected chi connectivity index (χ3v) is 4.52. The van der Waals surface area contributed by atoms with Crippen molar-refractivity contribution in [2.45, 2.75) is 110 Å². The van der Waals surface area contributed by atoms with E-state index >= 15 is 0 Å². The molecule has 0 rings (SSSR count). The Morgan fingerprint density at radius 2 is 1.29 bits per heavy atom. The molecule has 0 aliphatic carbocycles. The minimum atomic E-state index is 0.339. The summed E-state index contributed by atoms with van der Waals surface area (Å²) in [5, 5.41) is 0. The molecule has 1 amide bonds. The van der Waals surface area contributed by atoms with Crippen LogP contribution in [0.3, 0.4) is 0 Å². The fourth-order valence-corrected chi connectivity index (χ4v) is 2.72. The monoisotopic (exact) mass is 297 g/mol. The minimum absolute atomic E-state index is 0.339. The Labute approximate surface area is 133 Å². The third kappa shape index (κ3) is 11.8. The maximum atomic E-state index is 12.1. The highest BCUT2D eigenvalue weighted by molar-refractivity contribution is 5.76. The maximum Gasteiger partial charge on any atom is 0.222 e. The van der Waals surface area contributed by atoms with Crippen molar-refractivity contribution in [1.82, 2.24) is 4.90 Å². The van der Waals surface area contributed by atoms with Crippen LogP contribution in [0.25, 0.3) is 0 Å². The number of rotatable bonds is 14. The van der Waals surface area contributed by atoms with E-state index in [0.29, 0.717) is 11.9 Å². The number of carbonyl (C=O) groups excluding carboxylic acids is 1. The Balaban J connectivity index is 3.59. The van der Waals surface area contributed by atoms with Gasteiger partial charge in [0.1, 0.15) is 0 Å². The van der Waals surface area contributed by atoms with E-state index < -0.39 is 0 Å². The smallest absolute Gasteiger partial charge is 0.222 e. The molecular weight excluding hydrogens is 258 g/mol. The molecule has 2 heteroatoms. The van der Waals surface area contributed by atoms with Gasteiger partial charge in [-0.15, -0.1) is 0 Å². The first kappa shape index (κ1) is 20.5. The Morgan fingerprint density at radius 1 is 0.810 bits per heavy atom. The number of hydrogen-bond acceptors (Lipinski definition) is 1. The van der Waals surface area contributed by atoms with E-state index in [1.54, 1.807) is 0 Å². The molecule has 0 saturated carbocycles. The Bertz CT molecular complexity index is 240. The topological polar surface area (TPSA) is 20.3 Å². The van der Waals surface area contributed by atoms with Gasteiger partial charge < -0.3 is 4.90 Å². The van der Waals surface area contributed by atoms with Crippen molar-refractivity contribution in [2.24, 2.45) is 0 Å². The molecule has 0 aromatic heterocycles. The molecule has 0 radical (unpaired) electrons. The Morgan fingerprint density at radius 3 is 1.86 bits per heavy atom. The van der Waals surface area contributed by atoms with Gasteiger partial charge in [-0.2, -0.15) is 0 Å². The molecule has 0 saturated heterocycles. The maximum absolute atomic E-state index is 12.1. The van der Waals surface area contributed by atoms with E-state index in [9.17, 15) is 4.79 Å². The van der Waals surface area contributed by atoms with Gasteiger partial charge in [-0.05, 0) is 19.8 Å². The first-order valence-electron chi connectivity index (χ1n) is 9.39. The molecule has 0 heterocycles. The summed E-state index contributed by atoms with van der Waals surface area (Å²) in [6.45, 7) is 6.67. The Hall–Kier alpha value is -0.530. The number of nitrogens with zero attached hydrogens (tertiary/aromatic N) is 1. The third-order valence-electron chi connectivity index (χ3n) is 4.52. The van der Waals surface area contributed by atoms with E-state index in [1.807, 2.05) is 11.9 Å². The van der Waals surface area contributed by atoms with Crippen LogP contribution < -0.4 is 0 Å². The van der Waals surface area contributed by atoms with E-state index in [-0.39, 0.29) is 0 Å². The summed E-state index contributed by atoms with van der Waals surface area (Å²) in [6, 6.07) is 0.402. The Kier molecular flexibility index (Phi) is 14.0. The summed E-state index contributed by atoms with van der Waals surface area (Å²) in [5.74, 6) is 0.339. The number of carbonyl (C=O) groups is 1. The van der Waals surface area contributed by atoms with Crippen molar-refractivity contribution in [1.29, 1.82) is 0 Å². The largest absolute Gasteiger partial charge is 0.343 e. The highest BCUT2D eigenvalue weighted by Gasteiger charge is 2.14. The SMILES string of the molecule is CCCCCCCCCC(=O)N(C)C(C)CCCCCC. The van der Waals surface area contributed by atoms with Gasteiger partial charge in [0.05, 0.1) is 0 Å². The van der Waals surface area contributed by atoms with Crippen LogP contribution in [0.2, 0.25) is 0 Å². The fraction of sp³-hybridized carbons (Fsp3) is 0.947. The zero-order valence-corrected chi connectivity index (χ0v) is 15.1. The average Bonchev–Trinajstić information content (AvgIpc) is 2.49. The second-order valence-electron chi connectivity index (χ2n) is 6.57. The number of amides is 1. The van der Waals surface area contributed by atoms with Crippen LogP contribution in [0.5, 0.6) is 0 Å². The van der Waals surface area contributed by atoms with Gasteiger partial charge in [-0.3, -0.25) is 4.79 Å². The summed E-state index contributed by atoms with van der Waals surface area (Å²) < 4.78 is 0. The molecule has 0 aliphatic heterocycles. The van der Waals surface area contributed by atoms with Crippen LogP contribution in [0.4, 0.5) is 0 Å². The van der Waals surface area contributed by atoms with E-state index in [2.05, 4.69) is 20.8 Å². The molecule has 21 heavy (non-hydrogen) atoms. The van der Waals surface area contributed by atoms with Gasteiger partial charge in [0, 0.05) is 19.5 Å². The first-order chi connectivity index (χ1) is 10.1. The van der Waals surface area contributed by atoms with E-state index in [1.165, 1.54) is 64.2 Å². The standard InChI is InChI=1S/C19H39NO/c1-5-7-9-11-12-13-15-17-19(21)20(4)18(3)16-14-10-8-6-2/h18H,5-17H2,1-4H3. The molecule has 0 aromatic carbocycles. The summed E-state index contributed by atoms with van der Waals surface area (Å²) in [6.07, 6.45) is 16.0. The molecule has 0 bridgehead atoms.